The van der Waals surface area contributed by atoms with Crippen LogP contribution < -0.4 is 26.8 Å². The molecular formula is C15H21N7O3S. The van der Waals surface area contributed by atoms with E-state index in [1.807, 2.05) is 0 Å². The summed E-state index contributed by atoms with van der Waals surface area (Å²) in [5.74, 6) is 0.357. The number of nitrogens with two attached hydrogens (primary N) is 3. The quantitative estimate of drug-likeness (QED) is 0.582. The number of aliphatic imine (C=N–C) groups is 2. The second kappa shape index (κ2) is 6.48. The first kappa shape index (κ1) is 18.0. The minimum absolute atomic E-state index is 0.0896. The number of carbonyl (C=O) groups excluding carboxylic acids is 1. The maximum Gasteiger partial charge on any atom is 0.326 e. The third-order valence-corrected chi connectivity index (χ3v) is 5.85. The van der Waals surface area contributed by atoms with Gasteiger partial charge in [0.05, 0.1) is 4.90 Å². The minimum Gasteiger partial charge on any atom is -0.369 e. The Morgan fingerprint density at radius 2 is 1.73 bits per heavy atom. The highest BCUT2D eigenvalue weighted by Crippen LogP contribution is 2.39. The lowest BCUT2D eigenvalue weighted by molar-refractivity contribution is 0.253. The average Bonchev–Trinajstić information content (AvgIpc) is 2.54. The number of amides is 2. The van der Waals surface area contributed by atoms with Crippen molar-refractivity contribution in [2.45, 2.75) is 42.7 Å². The molecule has 1 spiro atoms. The molecule has 0 radical (unpaired) electrons. The Kier molecular flexibility index (Phi) is 4.48. The van der Waals surface area contributed by atoms with Gasteiger partial charge in [-0.1, -0.05) is 6.42 Å². The SMILES string of the molecule is NC(=O)NS(=O)(=O)c1ccc(N2C(N)=NC(N)=NC23CCCCC3)cc1. The molecule has 1 saturated carbocycles. The van der Waals surface area contributed by atoms with Gasteiger partial charge in [0.2, 0.25) is 11.9 Å². The maximum atomic E-state index is 12.0. The van der Waals surface area contributed by atoms with Crippen molar-refractivity contribution in [1.29, 1.82) is 0 Å². The van der Waals surface area contributed by atoms with E-state index in [0.29, 0.717) is 5.69 Å². The highest BCUT2D eigenvalue weighted by molar-refractivity contribution is 7.90. The van der Waals surface area contributed by atoms with Crippen molar-refractivity contribution in [2.75, 3.05) is 4.90 Å². The zero-order chi connectivity index (χ0) is 18.9. The van der Waals surface area contributed by atoms with Crippen molar-refractivity contribution in [3.8, 4) is 0 Å². The van der Waals surface area contributed by atoms with Crippen LogP contribution in [-0.4, -0.2) is 32.0 Å². The normalized spacial score (nSPS) is 19.6. The van der Waals surface area contributed by atoms with Gasteiger partial charge in [-0.3, -0.25) is 4.90 Å². The molecule has 7 N–H and O–H groups in total. The molecule has 1 aromatic rings. The lowest BCUT2D eigenvalue weighted by Crippen LogP contribution is -2.58. The molecule has 140 valence electrons. The molecule has 2 amide bonds. The van der Waals surface area contributed by atoms with Crippen molar-refractivity contribution in [2.24, 2.45) is 27.2 Å². The van der Waals surface area contributed by atoms with Gasteiger partial charge >= 0.3 is 6.03 Å². The number of nitrogens with one attached hydrogen (secondary N) is 1. The number of guanidine groups is 2. The molecule has 1 aliphatic heterocycles. The molecule has 2 aliphatic rings. The van der Waals surface area contributed by atoms with Crippen LogP contribution in [0.15, 0.2) is 39.1 Å². The fraction of sp³-hybridized carbons (Fsp3) is 0.400. The van der Waals surface area contributed by atoms with Crippen LogP contribution in [0.2, 0.25) is 0 Å². The fourth-order valence-electron chi connectivity index (χ4n) is 3.46. The van der Waals surface area contributed by atoms with Crippen LogP contribution in [0.5, 0.6) is 0 Å². The molecule has 0 atom stereocenters. The number of primary amides is 1. The fourth-order valence-corrected chi connectivity index (χ4v) is 4.34. The minimum atomic E-state index is -4.01. The molecule has 0 unspecified atom stereocenters. The highest BCUT2D eigenvalue weighted by atomic mass is 32.2. The highest BCUT2D eigenvalue weighted by Gasteiger charge is 2.42. The van der Waals surface area contributed by atoms with Crippen LogP contribution >= 0.6 is 0 Å². The molecule has 0 saturated heterocycles. The first-order valence-electron chi connectivity index (χ1n) is 8.16. The van der Waals surface area contributed by atoms with Crippen LogP contribution in [0.1, 0.15) is 32.1 Å². The van der Waals surface area contributed by atoms with Crippen LogP contribution in [0.3, 0.4) is 0 Å². The van der Waals surface area contributed by atoms with E-state index in [4.69, 9.17) is 17.2 Å². The Labute approximate surface area is 151 Å². The molecular weight excluding hydrogens is 358 g/mol. The molecule has 10 nitrogen and oxygen atoms in total. The number of hydrogen-bond donors (Lipinski definition) is 4. The molecule has 1 aliphatic carbocycles. The van der Waals surface area contributed by atoms with Crippen molar-refractivity contribution in [1.82, 2.24) is 4.72 Å². The van der Waals surface area contributed by atoms with Gasteiger partial charge in [-0.25, -0.2) is 22.9 Å². The van der Waals surface area contributed by atoms with Crippen molar-refractivity contribution < 1.29 is 13.2 Å². The van der Waals surface area contributed by atoms with E-state index in [2.05, 4.69) is 9.98 Å². The Balaban J connectivity index is 1.97. The molecule has 11 heteroatoms. The van der Waals surface area contributed by atoms with Gasteiger partial charge in [-0.15, -0.1) is 0 Å². The van der Waals surface area contributed by atoms with E-state index in [-0.39, 0.29) is 16.8 Å². The lowest BCUT2D eigenvalue weighted by atomic mass is 9.87. The van der Waals surface area contributed by atoms with E-state index >= 15 is 0 Å². The predicted molar refractivity (Wildman–Crippen MR) is 97.9 cm³/mol. The first-order chi connectivity index (χ1) is 12.2. The van der Waals surface area contributed by atoms with Crippen molar-refractivity contribution >= 4 is 33.7 Å². The second-order valence-corrected chi connectivity index (χ2v) is 7.96. The summed E-state index contributed by atoms with van der Waals surface area (Å²) >= 11 is 0. The molecule has 0 bridgehead atoms. The predicted octanol–water partition coefficient (Wildman–Crippen LogP) is 0.153. The van der Waals surface area contributed by atoms with Crippen molar-refractivity contribution in [3.05, 3.63) is 24.3 Å². The molecule has 26 heavy (non-hydrogen) atoms. The third-order valence-electron chi connectivity index (χ3n) is 4.49. The lowest BCUT2D eigenvalue weighted by Gasteiger charge is -2.45. The van der Waals surface area contributed by atoms with Gasteiger partial charge in [0, 0.05) is 5.69 Å². The summed E-state index contributed by atoms with van der Waals surface area (Å²) in [6.45, 7) is 0. The van der Waals surface area contributed by atoms with E-state index in [0.717, 1.165) is 32.1 Å². The summed E-state index contributed by atoms with van der Waals surface area (Å²) in [4.78, 5) is 21.2. The third kappa shape index (κ3) is 3.29. The number of hydrogen-bond acceptors (Lipinski definition) is 8. The Morgan fingerprint density at radius 3 is 2.31 bits per heavy atom. The number of benzene rings is 1. The molecule has 1 heterocycles. The van der Waals surface area contributed by atoms with Crippen molar-refractivity contribution in [3.63, 3.8) is 0 Å². The largest absolute Gasteiger partial charge is 0.369 e. The van der Waals surface area contributed by atoms with Gasteiger partial charge < -0.3 is 17.2 Å². The molecule has 0 aromatic heterocycles. The van der Waals surface area contributed by atoms with Gasteiger partial charge in [0.25, 0.3) is 10.0 Å². The van der Waals surface area contributed by atoms with Gasteiger partial charge in [0.15, 0.2) is 0 Å². The van der Waals surface area contributed by atoms with Crippen LogP contribution in [0, 0.1) is 0 Å². The summed E-state index contributed by atoms with van der Waals surface area (Å²) in [6, 6.07) is 4.77. The second-order valence-electron chi connectivity index (χ2n) is 6.28. The maximum absolute atomic E-state index is 12.0. The van der Waals surface area contributed by atoms with E-state index in [9.17, 15) is 13.2 Å². The molecule has 1 fully saturated rings. The van der Waals surface area contributed by atoms with Gasteiger partial charge in [0.1, 0.15) is 5.66 Å². The Hall–Kier alpha value is -2.82. The zero-order valence-corrected chi connectivity index (χ0v) is 14.9. The average molecular weight is 379 g/mol. The number of carbonyl (C=O) groups is 1. The summed E-state index contributed by atoms with van der Waals surface area (Å²) in [6.07, 6.45) is 4.61. The summed E-state index contributed by atoms with van der Waals surface area (Å²) < 4.78 is 25.8. The topological polar surface area (TPSA) is 169 Å². The summed E-state index contributed by atoms with van der Waals surface area (Å²) in [7, 11) is -4.01. The molecule has 1 aromatic carbocycles. The first-order valence-corrected chi connectivity index (χ1v) is 9.64. The smallest absolute Gasteiger partial charge is 0.326 e. The number of anilines is 1. The monoisotopic (exact) mass is 379 g/mol. The van der Waals surface area contributed by atoms with Gasteiger partial charge in [-0.05, 0) is 49.9 Å². The summed E-state index contributed by atoms with van der Waals surface area (Å²) in [5, 5.41) is 0. The van der Waals surface area contributed by atoms with Crippen LogP contribution in [0.4, 0.5) is 10.5 Å². The molecule has 3 rings (SSSR count). The zero-order valence-electron chi connectivity index (χ0n) is 14.1. The Morgan fingerprint density at radius 1 is 1.12 bits per heavy atom. The number of rotatable bonds is 3. The number of urea groups is 1. The standard InChI is InChI=1S/C15H21N7O3S/c16-12-19-13(17)22(15(20-12)8-2-1-3-9-15)10-4-6-11(7-5-10)26(24,25)21-14(18)23/h4-7H,1-3,8-9H2,(H3,18,21,23)(H4,16,17,19,20). The van der Waals surface area contributed by atoms with Crippen LogP contribution in [-0.2, 0) is 10.0 Å². The van der Waals surface area contributed by atoms with Crippen LogP contribution in [0.25, 0.3) is 0 Å². The summed E-state index contributed by atoms with van der Waals surface area (Å²) in [5.41, 5.74) is 16.9. The Bertz CT molecular complexity index is 871. The number of nitrogens with zero attached hydrogens (tertiary/aromatic N) is 3. The van der Waals surface area contributed by atoms with Gasteiger partial charge in [-0.2, -0.15) is 4.99 Å². The van der Waals surface area contributed by atoms with E-state index < -0.39 is 21.7 Å². The van der Waals surface area contributed by atoms with E-state index in [1.54, 1.807) is 21.8 Å². The number of sulfonamides is 1. The van der Waals surface area contributed by atoms with E-state index in [1.165, 1.54) is 12.1 Å².